The van der Waals surface area contributed by atoms with Crippen LogP contribution >= 0.6 is 0 Å². The second kappa shape index (κ2) is 10.1. The van der Waals surface area contributed by atoms with Crippen LogP contribution in [0.5, 0.6) is 0 Å². The number of hydrogen-bond acceptors (Lipinski definition) is 5. The molecule has 0 aliphatic rings. The quantitative estimate of drug-likeness (QED) is 0.538. The lowest BCUT2D eigenvalue weighted by Crippen LogP contribution is -2.23. The van der Waals surface area contributed by atoms with Crippen LogP contribution in [-0.2, 0) is 34.5 Å². The standard InChI is InChI=1S/C23H27N3O5/c1-15(2)31-21(11-22(27)28)18-6-4-5-16(9-18)12-24-23(29)30-13-17-7-8-19-20(10-17)26(3)14-25-19/h4-10,14-15,21H,11-13H2,1-3H3,(H,24,29)(H,27,28)/t21-/m0/s1. The van der Waals surface area contributed by atoms with E-state index in [-0.39, 0.29) is 25.7 Å². The minimum atomic E-state index is -0.929. The Morgan fingerprint density at radius 3 is 2.71 bits per heavy atom. The first kappa shape index (κ1) is 22.3. The second-order valence-electron chi connectivity index (χ2n) is 7.62. The maximum absolute atomic E-state index is 12.1. The van der Waals surface area contributed by atoms with Gasteiger partial charge in [0, 0.05) is 13.6 Å². The van der Waals surface area contributed by atoms with Crippen LogP contribution in [0.25, 0.3) is 11.0 Å². The lowest BCUT2D eigenvalue weighted by atomic mass is 10.0. The fraction of sp³-hybridized carbons (Fsp3) is 0.348. The summed E-state index contributed by atoms with van der Waals surface area (Å²) in [5.41, 5.74) is 4.31. The number of nitrogens with one attached hydrogen (secondary N) is 1. The fourth-order valence-corrected chi connectivity index (χ4v) is 3.27. The molecule has 0 aliphatic carbocycles. The number of aromatic nitrogens is 2. The third kappa shape index (κ3) is 6.29. The normalized spacial score (nSPS) is 12.1. The van der Waals surface area contributed by atoms with Crippen molar-refractivity contribution >= 4 is 23.1 Å². The molecule has 31 heavy (non-hydrogen) atoms. The number of benzene rings is 2. The van der Waals surface area contributed by atoms with Crippen molar-refractivity contribution < 1.29 is 24.2 Å². The van der Waals surface area contributed by atoms with Gasteiger partial charge in [-0.1, -0.05) is 30.3 Å². The van der Waals surface area contributed by atoms with Gasteiger partial charge in [0.2, 0.25) is 0 Å². The van der Waals surface area contributed by atoms with Crippen molar-refractivity contribution in [2.24, 2.45) is 7.05 Å². The summed E-state index contributed by atoms with van der Waals surface area (Å²) in [5.74, 6) is -0.929. The Morgan fingerprint density at radius 2 is 1.97 bits per heavy atom. The first-order valence-electron chi connectivity index (χ1n) is 10.1. The van der Waals surface area contributed by atoms with Gasteiger partial charge in [0.1, 0.15) is 6.61 Å². The zero-order valence-corrected chi connectivity index (χ0v) is 17.9. The van der Waals surface area contributed by atoms with E-state index < -0.39 is 18.2 Å². The fourth-order valence-electron chi connectivity index (χ4n) is 3.27. The molecule has 0 spiro atoms. The van der Waals surface area contributed by atoms with E-state index in [9.17, 15) is 9.59 Å². The first-order chi connectivity index (χ1) is 14.8. The summed E-state index contributed by atoms with van der Waals surface area (Å²) in [4.78, 5) is 27.6. The summed E-state index contributed by atoms with van der Waals surface area (Å²) >= 11 is 0. The van der Waals surface area contributed by atoms with Gasteiger partial charge in [-0.25, -0.2) is 9.78 Å². The van der Waals surface area contributed by atoms with E-state index >= 15 is 0 Å². The Bertz CT molecular complexity index is 1060. The highest BCUT2D eigenvalue weighted by atomic mass is 16.5. The van der Waals surface area contributed by atoms with Gasteiger partial charge in [-0.2, -0.15) is 0 Å². The number of fused-ring (bicyclic) bond motifs is 1. The minimum absolute atomic E-state index is 0.105. The number of amides is 1. The number of nitrogens with zero attached hydrogens (tertiary/aromatic N) is 2. The molecule has 1 heterocycles. The molecule has 164 valence electrons. The van der Waals surface area contributed by atoms with E-state index in [0.717, 1.165) is 27.7 Å². The van der Waals surface area contributed by atoms with E-state index in [1.807, 2.05) is 67.9 Å². The molecule has 0 saturated carbocycles. The maximum Gasteiger partial charge on any atom is 0.407 e. The second-order valence-corrected chi connectivity index (χ2v) is 7.62. The SMILES string of the molecule is CC(C)O[C@@H](CC(=O)O)c1cccc(CNC(=O)OCc2ccc3ncn(C)c3c2)c1. The van der Waals surface area contributed by atoms with Crippen molar-refractivity contribution in [2.45, 2.75) is 45.6 Å². The summed E-state index contributed by atoms with van der Waals surface area (Å²) in [6.45, 7) is 4.13. The molecule has 8 heteroatoms. The van der Waals surface area contributed by atoms with Crippen LogP contribution in [0.4, 0.5) is 4.79 Å². The highest BCUT2D eigenvalue weighted by molar-refractivity contribution is 5.76. The molecular weight excluding hydrogens is 398 g/mol. The highest BCUT2D eigenvalue weighted by Crippen LogP contribution is 2.24. The minimum Gasteiger partial charge on any atom is -0.481 e. The van der Waals surface area contributed by atoms with Gasteiger partial charge >= 0.3 is 12.1 Å². The van der Waals surface area contributed by atoms with Crippen molar-refractivity contribution in [1.29, 1.82) is 0 Å². The van der Waals surface area contributed by atoms with Crippen molar-refractivity contribution in [3.05, 3.63) is 65.5 Å². The van der Waals surface area contributed by atoms with Crippen molar-refractivity contribution in [1.82, 2.24) is 14.9 Å². The molecule has 1 aromatic heterocycles. The predicted octanol–water partition coefficient (Wildman–Crippen LogP) is 3.94. The van der Waals surface area contributed by atoms with Crippen LogP contribution in [-0.4, -0.2) is 32.8 Å². The number of carbonyl (C=O) groups is 2. The van der Waals surface area contributed by atoms with Crippen LogP contribution in [0.3, 0.4) is 0 Å². The smallest absolute Gasteiger partial charge is 0.407 e. The van der Waals surface area contributed by atoms with E-state index in [1.165, 1.54) is 0 Å². The Labute approximate surface area is 180 Å². The van der Waals surface area contributed by atoms with Crippen LogP contribution < -0.4 is 5.32 Å². The molecule has 0 radical (unpaired) electrons. The first-order valence-corrected chi connectivity index (χ1v) is 10.1. The summed E-state index contributed by atoms with van der Waals surface area (Å²) in [6.07, 6.45) is 0.426. The molecule has 2 N–H and O–H groups in total. The van der Waals surface area contributed by atoms with E-state index in [1.54, 1.807) is 6.33 Å². The number of hydrogen-bond donors (Lipinski definition) is 2. The average Bonchev–Trinajstić information content (AvgIpc) is 3.10. The number of aliphatic carboxylic acids is 1. The van der Waals surface area contributed by atoms with Gasteiger partial charge < -0.3 is 24.5 Å². The molecule has 8 nitrogen and oxygen atoms in total. The third-order valence-corrected chi connectivity index (χ3v) is 4.72. The molecular formula is C23H27N3O5. The Hall–Kier alpha value is -3.39. The largest absolute Gasteiger partial charge is 0.481 e. The molecule has 2 aromatic carbocycles. The van der Waals surface area contributed by atoms with Crippen LogP contribution in [0, 0.1) is 0 Å². The van der Waals surface area contributed by atoms with Gasteiger partial charge in [-0.05, 0) is 42.7 Å². The number of carboxylic acids is 1. The van der Waals surface area contributed by atoms with Gasteiger partial charge in [0.15, 0.2) is 0 Å². The Morgan fingerprint density at radius 1 is 1.16 bits per heavy atom. The summed E-state index contributed by atoms with van der Waals surface area (Å²) in [7, 11) is 1.91. The van der Waals surface area contributed by atoms with Gasteiger partial charge in [0.05, 0.1) is 36.0 Å². The van der Waals surface area contributed by atoms with Crippen molar-refractivity contribution in [3.63, 3.8) is 0 Å². The lowest BCUT2D eigenvalue weighted by Gasteiger charge is -2.20. The van der Waals surface area contributed by atoms with E-state index in [4.69, 9.17) is 14.6 Å². The lowest BCUT2D eigenvalue weighted by molar-refractivity contribution is -0.141. The molecule has 0 bridgehead atoms. The summed E-state index contributed by atoms with van der Waals surface area (Å²) < 4.78 is 13.0. The summed E-state index contributed by atoms with van der Waals surface area (Å²) in [5, 5.41) is 11.9. The van der Waals surface area contributed by atoms with E-state index in [0.29, 0.717) is 0 Å². The molecule has 0 aliphatic heterocycles. The third-order valence-electron chi connectivity index (χ3n) is 4.72. The van der Waals surface area contributed by atoms with E-state index in [2.05, 4.69) is 10.3 Å². The molecule has 1 atom stereocenters. The number of carboxylic acid groups (broad SMARTS) is 1. The maximum atomic E-state index is 12.1. The summed E-state index contributed by atoms with van der Waals surface area (Å²) in [6, 6.07) is 13.1. The zero-order chi connectivity index (χ0) is 22.4. The predicted molar refractivity (Wildman–Crippen MR) is 115 cm³/mol. The number of ether oxygens (including phenoxy) is 2. The van der Waals surface area contributed by atoms with Gasteiger partial charge in [0.25, 0.3) is 0 Å². The molecule has 0 saturated heterocycles. The molecule has 1 amide bonds. The molecule has 0 fully saturated rings. The molecule has 3 rings (SSSR count). The molecule has 0 unspecified atom stereocenters. The number of rotatable bonds is 9. The number of imidazole rings is 1. The molecule has 3 aromatic rings. The Kier molecular flexibility index (Phi) is 7.25. The van der Waals surface area contributed by atoms with Crippen LogP contribution in [0.15, 0.2) is 48.8 Å². The van der Waals surface area contributed by atoms with Crippen molar-refractivity contribution in [3.8, 4) is 0 Å². The van der Waals surface area contributed by atoms with Crippen molar-refractivity contribution in [2.75, 3.05) is 0 Å². The van der Waals surface area contributed by atoms with Crippen LogP contribution in [0.1, 0.15) is 43.1 Å². The van der Waals surface area contributed by atoms with Gasteiger partial charge in [-0.15, -0.1) is 0 Å². The topological polar surface area (TPSA) is 103 Å². The number of carbonyl (C=O) groups excluding carboxylic acids is 1. The Balaban J connectivity index is 1.56. The average molecular weight is 425 g/mol. The monoisotopic (exact) mass is 425 g/mol. The highest BCUT2D eigenvalue weighted by Gasteiger charge is 2.18. The van der Waals surface area contributed by atoms with Crippen LogP contribution in [0.2, 0.25) is 0 Å². The number of aryl methyl sites for hydroxylation is 1. The zero-order valence-electron chi connectivity index (χ0n) is 17.9. The van der Waals surface area contributed by atoms with Gasteiger partial charge in [-0.3, -0.25) is 4.79 Å². The number of alkyl carbamates (subject to hydrolysis) is 1.